The molecule has 0 aliphatic carbocycles. The summed E-state index contributed by atoms with van der Waals surface area (Å²) in [7, 11) is -2.52. The van der Waals surface area contributed by atoms with E-state index < -0.39 is 34.5 Å². The van der Waals surface area contributed by atoms with E-state index in [4.69, 9.17) is 22.1 Å². The molecule has 0 radical (unpaired) electrons. The van der Waals surface area contributed by atoms with Gasteiger partial charge in [-0.05, 0) is 23.8 Å². The summed E-state index contributed by atoms with van der Waals surface area (Å²) in [6.45, 7) is -0.665. The highest BCUT2D eigenvalue weighted by molar-refractivity contribution is 7.89. The number of urea groups is 1. The zero-order valence-electron chi connectivity index (χ0n) is 15.3. The van der Waals surface area contributed by atoms with Gasteiger partial charge in [-0.2, -0.15) is 4.31 Å². The molecule has 0 aliphatic heterocycles. The molecule has 0 aliphatic rings. The number of sulfonamides is 1. The third-order valence-electron chi connectivity index (χ3n) is 3.71. The molecular formula is C18H18ClN3O6S. The quantitative estimate of drug-likeness (QED) is 0.627. The second kappa shape index (κ2) is 9.50. The van der Waals surface area contributed by atoms with Gasteiger partial charge in [-0.1, -0.05) is 41.9 Å². The van der Waals surface area contributed by atoms with Gasteiger partial charge in [-0.3, -0.25) is 10.1 Å². The normalized spacial score (nSPS) is 11.1. The highest BCUT2D eigenvalue weighted by Crippen LogP contribution is 2.24. The number of hydrogen-bond donors (Lipinski definition) is 2. The van der Waals surface area contributed by atoms with Gasteiger partial charge >= 0.3 is 12.0 Å². The van der Waals surface area contributed by atoms with Gasteiger partial charge in [-0.25, -0.2) is 18.0 Å². The molecule has 0 saturated heterocycles. The number of ether oxygens (including phenoxy) is 1. The summed E-state index contributed by atoms with van der Waals surface area (Å²) in [5, 5.41) is 1.66. The third-order valence-corrected chi connectivity index (χ3v) is 5.84. The van der Waals surface area contributed by atoms with Crippen molar-refractivity contribution in [2.24, 2.45) is 5.73 Å². The van der Waals surface area contributed by atoms with E-state index in [1.54, 1.807) is 29.6 Å². The first-order valence-corrected chi connectivity index (χ1v) is 9.99. The predicted octanol–water partition coefficient (Wildman–Crippen LogP) is 1.51. The molecule has 0 aromatic heterocycles. The fraction of sp³-hybridized carbons (Fsp3) is 0.167. The number of nitrogens with two attached hydrogens (primary N) is 1. The maximum Gasteiger partial charge on any atom is 0.340 e. The summed E-state index contributed by atoms with van der Waals surface area (Å²) < 4.78 is 31.5. The summed E-state index contributed by atoms with van der Waals surface area (Å²) in [5.74, 6) is -1.97. The second-order valence-corrected chi connectivity index (χ2v) is 8.33. The number of nitrogens with one attached hydrogen (secondary N) is 1. The Morgan fingerprint density at radius 1 is 1.14 bits per heavy atom. The largest absolute Gasteiger partial charge is 0.452 e. The zero-order valence-corrected chi connectivity index (χ0v) is 16.9. The summed E-state index contributed by atoms with van der Waals surface area (Å²) in [4.78, 5) is 33.9. The van der Waals surface area contributed by atoms with E-state index in [0.717, 1.165) is 15.9 Å². The van der Waals surface area contributed by atoms with Crippen LogP contribution < -0.4 is 11.1 Å². The molecule has 29 heavy (non-hydrogen) atoms. The first kappa shape index (κ1) is 22.3. The molecule has 2 aromatic rings. The van der Waals surface area contributed by atoms with Gasteiger partial charge in [-0.15, -0.1) is 0 Å². The Labute approximate surface area is 172 Å². The lowest BCUT2D eigenvalue weighted by atomic mass is 10.2. The molecule has 9 nitrogen and oxygen atoms in total. The monoisotopic (exact) mass is 439 g/mol. The van der Waals surface area contributed by atoms with Crippen molar-refractivity contribution in [2.75, 3.05) is 13.7 Å². The number of esters is 1. The predicted molar refractivity (Wildman–Crippen MR) is 105 cm³/mol. The molecule has 11 heteroatoms. The van der Waals surface area contributed by atoms with E-state index in [-0.39, 0.29) is 22.0 Å². The maximum absolute atomic E-state index is 12.8. The van der Waals surface area contributed by atoms with E-state index in [9.17, 15) is 22.8 Å². The van der Waals surface area contributed by atoms with Crippen LogP contribution in [0.3, 0.4) is 0 Å². The van der Waals surface area contributed by atoms with Gasteiger partial charge in [0.2, 0.25) is 10.0 Å². The van der Waals surface area contributed by atoms with Crippen LogP contribution >= 0.6 is 11.6 Å². The molecule has 154 valence electrons. The van der Waals surface area contributed by atoms with Crippen molar-refractivity contribution >= 4 is 39.5 Å². The van der Waals surface area contributed by atoms with Crippen LogP contribution in [0.4, 0.5) is 4.79 Å². The van der Waals surface area contributed by atoms with E-state index in [2.05, 4.69) is 0 Å². The fourth-order valence-corrected chi connectivity index (χ4v) is 3.69. The number of rotatable bonds is 7. The molecule has 3 N–H and O–H groups in total. The number of nitrogens with zero attached hydrogens (tertiary/aromatic N) is 1. The number of carbonyl (C=O) groups is 3. The maximum atomic E-state index is 12.8. The van der Waals surface area contributed by atoms with Crippen LogP contribution in [0, 0.1) is 0 Å². The van der Waals surface area contributed by atoms with Crippen LogP contribution in [0.5, 0.6) is 0 Å². The SMILES string of the molecule is CN(Cc1ccccc1)S(=O)(=O)c1ccc(Cl)c(C(=O)OCC(=O)NC(N)=O)c1. The van der Waals surface area contributed by atoms with E-state index in [1.165, 1.54) is 19.2 Å². The van der Waals surface area contributed by atoms with Gasteiger partial charge in [0.15, 0.2) is 6.61 Å². The van der Waals surface area contributed by atoms with Crippen molar-refractivity contribution in [3.8, 4) is 0 Å². The lowest BCUT2D eigenvalue weighted by Crippen LogP contribution is -2.37. The Hall–Kier alpha value is -2.95. The van der Waals surface area contributed by atoms with Crippen molar-refractivity contribution in [1.29, 1.82) is 0 Å². The molecule has 0 bridgehead atoms. The Bertz CT molecular complexity index is 1030. The Balaban J connectivity index is 2.19. The average Bonchev–Trinajstić information content (AvgIpc) is 2.66. The van der Waals surface area contributed by atoms with E-state index in [0.29, 0.717) is 0 Å². The van der Waals surface area contributed by atoms with Crippen molar-refractivity contribution in [3.05, 3.63) is 64.7 Å². The van der Waals surface area contributed by atoms with Crippen molar-refractivity contribution in [3.63, 3.8) is 0 Å². The van der Waals surface area contributed by atoms with Crippen molar-refractivity contribution in [2.45, 2.75) is 11.4 Å². The van der Waals surface area contributed by atoms with Crippen LogP contribution in [-0.4, -0.2) is 44.3 Å². The summed E-state index contributed by atoms with van der Waals surface area (Å²) in [5.41, 5.74) is 5.32. The molecule has 3 amide bonds. The molecule has 0 saturated carbocycles. The average molecular weight is 440 g/mol. The first-order valence-electron chi connectivity index (χ1n) is 8.17. The molecule has 0 spiro atoms. The lowest BCUT2D eigenvalue weighted by molar-refractivity contribution is -0.123. The smallest absolute Gasteiger partial charge is 0.340 e. The molecule has 2 aromatic carbocycles. The van der Waals surface area contributed by atoms with Crippen LogP contribution in [0.15, 0.2) is 53.4 Å². The van der Waals surface area contributed by atoms with Gasteiger partial charge in [0.1, 0.15) is 0 Å². The Morgan fingerprint density at radius 2 is 1.79 bits per heavy atom. The molecule has 0 heterocycles. The van der Waals surface area contributed by atoms with E-state index >= 15 is 0 Å². The Morgan fingerprint density at radius 3 is 2.41 bits per heavy atom. The highest BCUT2D eigenvalue weighted by atomic mass is 35.5. The van der Waals surface area contributed by atoms with Crippen molar-refractivity contribution < 1.29 is 27.5 Å². The Kier molecular flexibility index (Phi) is 7.32. The minimum atomic E-state index is -3.93. The summed E-state index contributed by atoms with van der Waals surface area (Å²) in [6.07, 6.45) is 0. The number of primary amides is 1. The standard InChI is InChI=1S/C18H18ClN3O6S/c1-22(10-12-5-3-2-4-6-12)29(26,27)13-7-8-15(19)14(9-13)17(24)28-11-16(23)21-18(20)25/h2-9H,10-11H2,1H3,(H3,20,21,23,25). The summed E-state index contributed by atoms with van der Waals surface area (Å²) >= 11 is 5.97. The molecule has 0 unspecified atom stereocenters. The first-order chi connectivity index (χ1) is 13.6. The number of hydrogen-bond acceptors (Lipinski definition) is 6. The number of halogens is 1. The van der Waals surface area contributed by atoms with Gasteiger partial charge in [0.25, 0.3) is 5.91 Å². The topological polar surface area (TPSA) is 136 Å². The van der Waals surface area contributed by atoms with Gasteiger partial charge in [0, 0.05) is 13.6 Å². The van der Waals surface area contributed by atoms with Crippen LogP contribution in [0.25, 0.3) is 0 Å². The second-order valence-electron chi connectivity index (χ2n) is 5.88. The van der Waals surface area contributed by atoms with Crippen LogP contribution in [0.1, 0.15) is 15.9 Å². The zero-order chi connectivity index (χ0) is 21.6. The van der Waals surface area contributed by atoms with Gasteiger partial charge < -0.3 is 10.5 Å². The molecule has 2 rings (SSSR count). The van der Waals surface area contributed by atoms with E-state index in [1.807, 2.05) is 6.07 Å². The van der Waals surface area contributed by atoms with Crippen LogP contribution in [0.2, 0.25) is 5.02 Å². The summed E-state index contributed by atoms with van der Waals surface area (Å²) in [6, 6.07) is 11.4. The number of amides is 3. The number of benzene rings is 2. The van der Waals surface area contributed by atoms with Crippen molar-refractivity contribution in [1.82, 2.24) is 9.62 Å². The fourth-order valence-electron chi connectivity index (χ4n) is 2.31. The minimum absolute atomic E-state index is 0.0602. The highest BCUT2D eigenvalue weighted by Gasteiger charge is 2.24. The van der Waals surface area contributed by atoms with Gasteiger partial charge in [0.05, 0.1) is 15.5 Å². The lowest BCUT2D eigenvalue weighted by Gasteiger charge is -2.18. The molecular weight excluding hydrogens is 422 g/mol. The minimum Gasteiger partial charge on any atom is -0.452 e. The number of imide groups is 1. The molecule has 0 atom stereocenters. The van der Waals surface area contributed by atoms with Crippen LogP contribution in [-0.2, 0) is 26.1 Å². The third kappa shape index (κ3) is 6.01. The number of carbonyl (C=O) groups excluding carboxylic acids is 3. The molecule has 0 fully saturated rings.